The molecule has 0 atom stereocenters. The normalized spacial score (nSPS) is 12.5. The summed E-state index contributed by atoms with van der Waals surface area (Å²) in [6.07, 6.45) is 11.1. The van der Waals surface area contributed by atoms with E-state index < -0.39 is 0 Å². The van der Waals surface area contributed by atoms with Crippen LogP contribution in [-0.4, -0.2) is 0 Å². The van der Waals surface area contributed by atoms with Crippen LogP contribution in [0.15, 0.2) is 121 Å². The molecule has 0 saturated carbocycles. The summed E-state index contributed by atoms with van der Waals surface area (Å²) in [5.41, 5.74) is 5.63. The fourth-order valence-corrected chi connectivity index (χ4v) is 4.53. The standard InChI is InChI=1S/2C13H10.C6H6/c2*1-4-10-6-2-8-12-9-3-7-11(5-1)13(10)12;1-2-4-6-5-3-1/h2*1-8H,9H2;1-6H. The fourth-order valence-electron chi connectivity index (χ4n) is 4.53. The molecule has 0 spiro atoms. The summed E-state index contributed by atoms with van der Waals surface area (Å²) >= 11 is 0. The Morgan fingerprint density at radius 2 is 0.750 bits per heavy atom. The first-order valence-corrected chi connectivity index (χ1v) is 11.2. The third-order valence-electron chi connectivity index (χ3n) is 5.98. The Morgan fingerprint density at radius 1 is 0.375 bits per heavy atom. The highest BCUT2D eigenvalue weighted by molar-refractivity contribution is 5.95. The largest absolute Gasteiger partial charge is 0.0795 e. The Kier molecular flexibility index (Phi) is 5.94. The lowest BCUT2D eigenvalue weighted by atomic mass is 9.93. The van der Waals surface area contributed by atoms with E-state index in [0.717, 1.165) is 12.8 Å². The first-order chi connectivity index (χ1) is 15.9. The molecule has 154 valence electrons. The molecule has 0 saturated heterocycles. The zero-order valence-electron chi connectivity index (χ0n) is 18.1. The van der Waals surface area contributed by atoms with Crippen LogP contribution in [0.1, 0.15) is 22.3 Å². The highest BCUT2D eigenvalue weighted by Crippen LogP contribution is 2.28. The van der Waals surface area contributed by atoms with Crippen molar-refractivity contribution in [3.05, 3.63) is 144 Å². The third-order valence-corrected chi connectivity index (χ3v) is 5.98. The predicted molar refractivity (Wildman–Crippen MR) is 140 cm³/mol. The second-order valence-electron chi connectivity index (χ2n) is 8.09. The van der Waals surface area contributed by atoms with Crippen molar-refractivity contribution >= 4 is 33.7 Å². The van der Waals surface area contributed by atoms with Gasteiger partial charge < -0.3 is 0 Å². The van der Waals surface area contributed by atoms with Crippen LogP contribution >= 0.6 is 0 Å². The van der Waals surface area contributed by atoms with Crippen LogP contribution < -0.4 is 0 Å². The van der Waals surface area contributed by atoms with E-state index in [9.17, 15) is 0 Å². The maximum absolute atomic E-state index is 2.23. The van der Waals surface area contributed by atoms with Crippen molar-refractivity contribution in [1.29, 1.82) is 0 Å². The SMILES string of the molecule is C1=Cc2cccc3cccc(c23)C1.C1=Cc2cccc3cccc(c23)C1.c1ccccc1. The van der Waals surface area contributed by atoms with Gasteiger partial charge in [0, 0.05) is 0 Å². The number of allylic oxidation sites excluding steroid dienone is 2. The van der Waals surface area contributed by atoms with E-state index in [-0.39, 0.29) is 0 Å². The van der Waals surface area contributed by atoms with Crippen molar-refractivity contribution in [2.45, 2.75) is 12.8 Å². The Morgan fingerprint density at radius 3 is 1.16 bits per heavy atom. The molecule has 0 aromatic heterocycles. The van der Waals surface area contributed by atoms with E-state index in [1.165, 1.54) is 43.8 Å². The molecular formula is C32H26. The van der Waals surface area contributed by atoms with Crippen molar-refractivity contribution in [2.24, 2.45) is 0 Å². The molecule has 5 aromatic carbocycles. The summed E-state index contributed by atoms with van der Waals surface area (Å²) in [6, 6.07) is 38.1. The van der Waals surface area contributed by atoms with Crippen LogP contribution in [0.5, 0.6) is 0 Å². The topological polar surface area (TPSA) is 0 Å². The number of rotatable bonds is 0. The summed E-state index contributed by atoms with van der Waals surface area (Å²) < 4.78 is 0. The minimum atomic E-state index is 1.08. The van der Waals surface area contributed by atoms with Gasteiger partial charge in [-0.15, -0.1) is 0 Å². The summed E-state index contributed by atoms with van der Waals surface area (Å²) in [5, 5.41) is 5.60. The molecule has 0 amide bonds. The molecule has 0 bridgehead atoms. The van der Waals surface area contributed by atoms with E-state index in [0.29, 0.717) is 0 Å². The summed E-state index contributed by atoms with van der Waals surface area (Å²) in [5.74, 6) is 0. The molecule has 0 fully saturated rings. The second-order valence-corrected chi connectivity index (χ2v) is 8.09. The van der Waals surface area contributed by atoms with Crippen molar-refractivity contribution in [3.8, 4) is 0 Å². The van der Waals surface area contributed by atoms with Gasteiger partial charge in [-0.05, 0) is 56.6 Å². The molecular weight excluding hydrogens is 384 g/mol. The Bertz CT molecular complexity index is 1270. The second kappa shape index (κ2) is 9.49. The van der Waals surface area contributed by atoms with Crippen molar-refractivity contribution in [1.82, 2.24) is 0 Å². The number of hydrogen-bond acceptors (Lipinski definition) is 0. The van der Waals surface area contributed by atoms with Crippen LogP contribution in [0.3, 0.4) is 0 Å². The average molecular weight is 411 g/mol. The van der Waals surface area contributed by atoms with Gasteiger partial charge in [0.2, 0.25) is 0 Å². The Hall–Kier alpha value is -3.90. The molecule has 5 aromatic rings. The van der Waals surface area contributed by atoms with Gasteiger partial charge in [0.05, 0.1) is 0 Å². The monoisotopic (exact) mass is 410 g/mol. The Balaban J connectivity index is 0.000000109. The van der Waals surface area contributed by atoms with E-state index >= 15 is 0 Å². The molecule has 2 aliphatic rings. The maximum Gasteiger partial charge on any atom is -0.00763 e. The van der Waals surface area contributed by atoms with Gasteiger partial charge in [0.25, 0.3) is 0 Å². The van der Waals surface area contributed by atoms with Crippen LogP contribution in [0.25, 0.3) is 33.7 Å². The molecule has 0 heterocycles. The van der Waals surface area contributed by atoms with Crippen LogP contribution in [0.2, 0.25) is 0 Å². The van der Waals surface area contributed by atoms with Crippen molar-refractivity contribution in [3.63, 3.8) is 0 Å². The first-order valence-electron chi connectivity index (χ1n) is 11.2. The van der Waals surface area contributed by atoms with E-state index in [4.69, 9.17) is 0 Å². The third kappa shape index (κ3) is 4.26. The molecule has 32 heavy (non-hydrogen) atoms. The molecule has 0 aliphatic heterocycles. The molecule has 0 N–H and O–H groups in total. The summed E-state index contributed by atoms with van der Waals surface area (Å²) in [7, 11) is 0. The number of benzene rings is 5. The average Bonchev–Trinajstić information content (AvgIpc) is 2.87. The van der Waals surface area contributed by atoms with Crippen LogP contribution in [0.4, 0.5) is 0 Å². The summed E-state index contributed by atoms with van der Waals surface area (Å²) in [6.45, 7) is 0. The lowest BCUT2D eigenvalue weighted by Gasteiger charge is -2.11. The van der Waals surface area contributed by atoms with Gasteiger partial charge >= 0.3 is 0 Å². The van der Waals surface area contributed by atoms with Gasteiger partial charge in [-0.25, -0.2) is 0 Å². The van der Waals surface area contributed by atoms with Gasteiger partial charge in [-0.2, -0.15) is 0 Å². The fraction of sp³-hybridized carbons (Fsp3) is 0.0625. The van der Waals surface area contributed by atoms with E-state index in [1.54, 1.807) is 0 Å². The molecule has 7 rings (SSSR count). The smallest absolute Gasteiger partial charge is 0.00763 e. The minimum Gasteiger partial charge on any atom is -0.0795 e. The molecule has 0 radical (unpaired) electrons. The minimum absolute atomic E-state index is 1.08. The van der Waals surface area contributed by atoms with Gasteiger partial charge in [-0.1, -0.05) is 133 Å². The maximum atomic E-state index is 2.23. The van der Waals surface area contributed by atoms with Gasteiger partial charge in [0.1, 0.15) is 0 Å². The highest BCUT2D eigenvalue weighted by Gasteiger charge is 2.07. The quantitative estimate of drug-likeness (QED) is 0.240. The van der Waals surface area contributed by atoms with Crippen LogP contribution in [0, 0.1) is 0 Å². The summed E-state index contributed by atoms with van der Waals surface area (Å²) in [4.78, 5) is 0. The highest BCUT2D eigenvalue weighted by atomic mass is 14.1. The zero-order valence-corrected chi connectivity index (χ0v) is 18.1. The predicted octanol–water partition coefficient (Wildman–Crippen LogP) is 8.50. The molecule has 0 nitrogen and oxygen atoms in total. The van der Waals surface area contributed by atoms with Gasteiger partial charge in [-0.3, -0.25) is 0 Å². The first kappa shape index (κ1) is 20.0. The number of hydrogen-bond donors (Lipinski definition) is 0. The van der Waals surface area contributed by atoms with E-state index in [1.807, 2.05) is 36.4 Å². The van der Waals surface area contributed by atoms with Gasteiger partial charge in [0.15, 0.2) is 0 Å². The molecule has 2 aliphatic carbocycles. The molecule has 0 heteroatoms. The Labute approximate surface area is 190 Å². The molecule has 0 unspecified atom stereocenters. The van der Waals surface area contributed by atoms with Crippen molar-refractivity contribution < 1.29 is 0 Å². The van der Waals surface area contributed by atoms with Crippen molar-refractivity contribution in [2.75, 3.05) is 0 Å². The lowest BCUT2D eigenvalue weighted by Crippen LogP contribution is -1.91. The zero-order chi connectivity index (χ0) is 21.6. The van der Waals surface area contributed by atoms with E-state index in [2.05, 4.69) is 97.1 Å². The van der Waals surface area contributed by atoms with Crippen LogP contribution in [-0.2, 0) is 12.8 Å². The lowest BCUT2D eigenvalue weighted by molar-refractivity contribution is 1.29.